The maximum atomic E-state index is 12.5. The molecule has 2 aromatic heterocycles. The summed E-state index contributed by atoms with van der Waals surface area (Å²) in [6.45, 7) is 2.23. The first kappa shape index (κ1) is 12.1. The van der Waals surface area contributed by atoms with Crippen LogP contribution in [0.1, 0.15) is 38.6 Å². The van der Waals surface area contributed by atoms with E-state index in [2.05, 4.69) is 11.9 Å². The third-order valence-electron chi connectivity index (χ3n) is 3.95. The molecule has 0 aromatic carbocycles. The lowest BCUT2D eigenvalue weighted by atomic mass is 9.86. The average Bonchev–Trinajstić information content (AvgIpc) is 2.79. The van der Waals surface area contributed by atoms with E-state index in [1.165, 1.54) is 30.6 Å². The van der Waals surface area contributed by atoms with Gasteiger partial charge in [0.1, 0.15) is 4.83 Å². The Labute approximate surface area is 114 Å². The Hall–Kier alpha value is -0.940. The van der Waals surface area contributed by atoms with Gasteiger partial charge in [-0.25, -0.2) is 0 Å². The fraction of sp³-hybridized carbons (Fsp3) is 0.538. The second-order valence-electron chi connectivity index (χ2n) is 5.10. The normalized spacial score (nSPS) is 24.5. The molecular weight excluding hydrogens is 264 g/mol. The topological polar surface area (TPSA) is 37.8 Å². The van der Waals surface area contributed by atoms with Crippen LogP contribution in [0.2, 0.25) is 0 Å². The number of aromatic nitrogens is 2. The molecule has 0 bridgehead atoms. The summed E-state index contributed by atoms with van der Waals surface area (Å²) >= 11 is 6.92. The van der Waals surface area contributed by atoms with Crippen LogP contribution in [-0.2, 0) is 0 Å². The number of thiophene rings is 1. The van der Waals surface area contributed by atoms with E-state index < -0.39 is 0 Å². The van der Waals surface area contributed by atoms with Crippen molar-refractivity contribution in [2.75, 3.05) is 0 Å². The number of hydrogen-bond acceptors (Lipinski definition) is 3. The van der Waals surface area contributed by atoms with Gasteiger partial charge in [0.25, 0.3) is 5.56 Å². The van der Waals surface area contributed by atoms with E-state index in [-0.39, 0.29) is 11.6 Å². The van der Waals surface area contributed by atoms with Crippen molar-refractivity contribution in [1.29, 1.82) is 0 Å². The molecule has 1 N–H and O–H groups in total. The molecule has 0 saturated heterocycles. The van der Waals surface area contributed by atoms with Crippen molar-refractivity contribution in [3.05, 3.63) is 26.6 Å². The molecule has 3 nitrogen and oxygen atoms in total. The summed E-state index contributed by atoms with van der Waals surface area (Å²) in [7, 11) is 0. The lowest BCUT2D eigenvalue weighted by Gasteiger charge is -2.30. The third-order valence-corrected chi connectivity index (χ3v) is 5.08. The molecule has 1 aliphatic rings. The van der Waals surface area contributed by atoms with Crippen molar-refractivity contribution in [1.82, 2.24) is 9.55 Å². The van der Waals surface area contributed by atoms with Crippen molar-refractivity contribution in [3.63, 3.8) is 0 Å². The summed E-state index contributed by atoms with van der Waals surface area (Å²) in [6.07, 6.45) is 4.71. The minimum atomic E-state index is 0.0775. The summed E-state index contributed by atoms with van der Waals surface area (Å²) in [6, 6.07) is 2.15. The zero-order valence-corrected chi connectivity index (χ0v) is 11.9. The number of H-pyrrole nitrogens is 1. The molecule has 2 heterocycles. The minimum absolute atomic E-state index is 0.0775. The lowest BCUT2D eigenvalue weighted by molar-refractivity contribution is 0.249. The van der Waals surface area contributed by atoms with Crippen LogP contribution >= 0.6 is 23.6 Å². The van der Waals surface area contributed by atoms with Crippen LogP contribution in [0.4, 0.5) is 0 Å². The Morgan fingerprint density at radius 1 is 1.44 bits per heavy atom. The summed E-state index contributed by atoms with van der Waals surface area (Å²) in [4.78, 5) is 16.6. The van der Waals surface area contributed by atoms with Gasteiger partial charge in [0.15, 0.2) is 4.77 Å². The van der Waals surface area contributed by atoms with Crippen molar-refractivity contribution in [2.24, 2.45) is 5.92 Å². The van der Waals surface area contributed by atoms with Gasteiger partial charge in [-0.05, 0) is 42.4 Å². The van der Waals surface area contributed by atoms with Crippen LogP contribution < -0.4 is 5.56 Å². The lowest BCUT2D eigenvalue weighted by Crippen LogP contribution is -2.31. The molecule has 0 aliphatic heterocycles. The first-order chi connectivity index (χ1) is 8.68. The molecular formula is C13H16N2OS2. The second kappa shape index (κ2) is 4.63. The van der Waals surface area contributed by atoms with Gasteiger partial charge in [-0.2, -0.15) is 0 Å². The highest BCUT2D eigenvalue weighted by atomic mass is 32.1. The Bertz CT molecular complexity index is 682. The number of hydrogen-bond donors (Lipinski definition) is 1. The maximum absolute atomic E-state index is 12.5. The Kier molecular flexibility index (Phi) is 3.11. The third kappa shape index (κ3) is 1.86. The first-order valence-electron chi connectivity index (χ1n) is 6.40. The minimum Gasteiger partial charge on any atom is -0.323 e. The van der Waals surface area contributed by atoms with Gasteiger partial charge in [-0.15, -0.1) is 11.3 Å². The zero-order chi connectivity index (χ0) is 12.7. The van der Waals surface area contributed by atoms with Crippen LogP contribution in [0.25, 0.3) is 10.2 Å². The summed E-state index contributed by atoms with van der Waals surface area (Å²) in [5, 5.41) is 2.71. The van der Waals surface area contributed by atoms with Crippen molar-refractivity contribution in [3.8, 4) is 0 Å². The second-order valence-corrected chi connectivity index (χ2v) is 6.40. The molecule has 1 saturated carbocycles. The molecule has 1 fully saturated rings. The predicted octanol–water partition coefficient (Wildman–Crippen LogP) is 3.87. The van der Waals surface area contributed by atoms with Gasteiger partial charge in [0.2, 0.25) is 0 Å². The zero-order valence-electron chi connectivity index (χ0n) is 10.3. The molecule has 0 amide bonds. The fourth-order valence-electron chi connectivity index (χ4n) is 2.94. The first-order valence-corrected chi connectivity index (χ1v) is 7.69. The molecule has 2 atom stereocenters. The number of rotatable bonds is 1. The molecule has 18 heavy (non-hydrogen) atoms. The maximum Gasteiger partial charge on any atom is 0.263 e. The van der Waals surface area contributed by atoms with Crippen molar-refractivity contribution in [2.45, 2.75) is 38.6 Å². The van der Waals surface area contributed by atoms with E-state index >= 15 is 0 Å². The molecule has 0 spiro atoms. The average molecular weight is 280 g/mol. The number of nitrogens with one attached hydrogen (secondary N) is 1. The Morgan fingerprint density at radius 3 is 3.00 bits per heavy atom. The van der Waals surface area contributed by atoms with E-state index in [9.17, 15) is 4.79 Å². The molecule has 0 radical (unpaired) electrons. The molecule has 5 heteroatoms. The highest BCUT2D eigenvalue weighted by Gasteiger charge is 2.25. The van der Waals surface area contributed by atoms with Crippen LogP contribution in [-0.4, -0.2) is 9.55 Å². The quantitative estimate of drug-likeness (QED) is 0.805. The van der Waals surface area contributed by atoms with Gasteiger partial charge >= 0.3 is 0 Å². The molecule has 3 rings (SSSR count). The number of fused-ring (bicyclic) bond motifs is 1. The van der Waals surface area contributed by atoms with Gasteiger partial charge in [-0.3, -0.25) is 9.36 Å². The standard InChI is InChI=1S/C13H16N2OS2/c1-8-4-2-3-5-10(8)15-12(16)9-6-7-18-11(9)14-13(15)17/h6-8,10H,2-5H2,1H3,(H,14,17). The summed E-state index contributed by atoms with van der Waals surface area (Å²) in [5.74, 6) is 0.530. The van der Waals surface area contributed by atoms with Crippen molar-refractivity contribution >= 4 is 33.8 Å². The monoisotopic (exact) mass is 280 g/mol. The highest BCUT2D eigenvalue weighted by Crippen LogP contribution is 2.33. The highest BCUT2D eigenvalue weighted by molar-refractivity contribution is 7.71. The summed E-state index contributed by atoms with van der Waals surface area (Å²) < 4.78 is 2.39. The molecule has 96 valence electrons. The van der Waals surface area contributed by atoms with E-state index in [4.69, 9.17) is 12.2 Å². The SMILES string of the molecule is CC1CCCCC1n1c(=S)[nH]c2sccc2c1=O. The largest absolute Gasteiger partial charge is 0.323 e. The van der Waals surface area contributed by atoms with Crippen LogP contribution in [0.5, 0.6) is 0 Å². The number of aromatic amines is 1. The van der Waals surface area contributed by atoms with Crippen LogP contribution in [0.15, 0.2) is 16.2 Å². The molecule has 2 aromatic rings. The van der Waals surface area contributed by atoms with Crippen LogP contribution in [0, 0.1) is 10.7 Å². The predicted molar refractivity (Wildman–Crippen MR) is 77.9 cm³/mol. The smallest absolute Gasteiger partial charge is 0.263 e. The van der Waals surface area contributed by atoms with E-state index in [1.807, 2.05) is 16.0 Å². The number of nitrogens with zero attached hydrogens (tertiary/aromatic N) is 1. The van der Waals surface area contributed by atoms with Crippen molar-refractivity contribution < 1.29 is 0 Å². The van der Waals surface area contributed by atoms with E-state index in [0.29, 0.717) is 10.7 Å². The van der Waals surface area contributed by atoms with Gasteiger partial charge in [0, 0.05) is 6.04 Å². The van der Waals surface area contributed by atoms with Crippen LogP contribution in [0.3, 0.4) is 0 Å². The molecule has 1 aliphatic carbocycles. The van der Waals surface area contributed by atoms with Gasteiger partial charge in [0.05, 0.1) is 5.39 Å². The van der Waals surface area contributed by atoms with E-state index in [1.54, 1.807) is 0 Å². The Morgan fingerprint density at radius 2 is 2.22 bits per heavy atom. The Balaban J connectivity index is 2.21. The molecule has 2 unspecified atom stereocenters. The van der Waals surface area contributed by atoms with E-state index in [0.717, 1.165) is 16.6 Å². The fourth-order valence-corrected chi connectivity index (χ4v) is 4.10. The van der Waals surface area contributed by atoms with Gasteiger partial charge in [-0.1, -0.05) is 19.8 Å². The van der Waals surface area contributed by atoms with Gasteiger partial charge < -0.3 is 4.98 Å². The summed E-state index contributed by atoms with van der Waals surface area (Å²) in [5.41, 5.74) is 0.0775.